The summed E-state index contributed by atoms with van der Waals surface area (Å²) in [6.07, 6.45) is 4.88. The summed E-state index contributed by atoms with van der Waals surface area (Å²) < 4.78 is 0. The molecule has 0 aromatic carbocycles. The molecule has 1 aromatic rings. The molecule has 0 radical (unpaired) electrons. The fourth-order valence-corrected chi connectivity index (χ4v) is 0.253. The summed E-state index contributed by atoms with van der Waals surface area (Å²) in [6, 6.07) is 1.78. The van der Waals surface area contributed by atoms with Crippen molar-refractivity contribution in [2.75, 3.05) is 0 Å². The third-order valence-corrected chi connectivity index (χ3v) is 0.478. The second kappa shape index (κ2) is 6.33. The Morgan fingerprint density at radius 1 is 1.00 bits per heavy atom. The van der Waals surface area contributed by atoms with Crippen LogP contribution in [0.3, 0.4) is 0 Å². The van der Waals surface area contributed by atoms with Crippen molar-refractivity contribution in [2.24, 2.45) is 0 Å². The van der Waals surface area contributed by atoms with Gasteiger partial charge in [-0.15, -0.1) is 12.4 Å². The minimum Gasteiger partial charge on any atom is -0.412 e. The van der Waals surface area contributed by atoms with Gasteiger partial charge in [-0.25, -0.2) is 9.97 Å². The smallest absolute Gasteiger partial charge is 0.115 e. The molecule has 0 aliphatic carbocycles. The molecule has 8 heavy (non-hydrogen) atoms. The van der Waals surface area contributed by atoms with Gasteiger partial charge in [0.1, 0.15) is 6.33 Å². The molecule has 1 rings (SSSR count). The van der Waals surface area contributed by atoms with Crippen molar-refractivity contribution in [1.82, 2.24) is 9.97 Å². The summed E-state index contributed by atoms with van der Waals surface area (Å²) in [4.78, 5) is 7.35. The van der Waals surface area contributed by atoms with Gasteiger partial charge in [0.2, 0.25) is 0 Å². The van der Waals surface area contributed by atoms with Gasteiger partial charge in [0.25, 0.3) is 0 Å². The normalized spacial score (nSPS) is 6.00. The molecule has 0 aliphatic heterocycles. The number of nitrogens with zero attached hydrogens (tertiary/aromatic N) is 2. The number of halogens is 1. The van der Waals surface area contributed by atoms with Crippen molar-refractivity contribution >= 4 is 12.4 Å². The van der Waals surface area contributed by atoms with Crippen LogP contribution < -0.4 is 0 Å². The molecule has 1 heterocycles. The SMILES string of the molecule is Cl.O.c1cncnc1. The Balaban J connectivity index is 0. The molecular formula is C4H7ClN2O. The summed E-state index contributed by atoms with van der Waals surface area (Å²) in [7, 11) is 0. The molecule has 0 amide bonds. The monoisotopic (exact) mass is 134 g/mol. The summed E-state index contributed by atoms with van der Waals surface area (Å²) in [5.41, 5.74) is 0. The van der Waals surface area contributed by atoms with Gasteiger partial charge in [0.15, 0.2) is 0 Å². The maximum Gasteiger partial charge on any atom is 0.115 e. The maximum absolute atomic E-state index is 3.67. The predicted octanol–water partition coefficient (Wildman–Crippen LogP) is 0.0737. The molecule has 2 N–H and O–H groups in total. The Morgan fingerprint density at radius 2 is 1.50 bits per heavy atom. The standard InChI is InChI=1S/C4H4N2.ClH.H2O/c1-2-5-4-6-3-1;;/h1-4H;1H;1H2. The van der Waals surface area contributed by atoms with E-state index in [1.165, 1.54) is 6.33 Å². The largest absolute Gasteiger partial charge is 0.412 e. The number of hydrogen-bond donors (Lipinski definition) is 0. The Kier molecular flexibility index (Phi) is 8.18. The second-order valence-corrected chi connectivity index (χ2v) is 0.904. The average Bonchev–Trinajstić information content (AvgIpc) is 1.72. The van der Waals surface area contributed by atoms with Crippen molar-refractivity contribution in [2.45, 2.75) is 0 Å². The van der Waals surface area contributed by atoms with Crippen LogP contribution in [0.2, 0.25) is 0 Å². The van der Waals surface area contributed by atoms with E-state index >= 15 is 0 Å². The summed E-state index contributed by atoms with van der Waals surface area (Å²) in [5, 5.41) is 0. The van der Waals surface area contributed by atoms with Crippen LogP contribution in [0.25, 0.3) is 0 Å². The van der Waals surface area contributed by atoms with Crippen LogP contribution in [0.1, 0.15) is 0 Å². The molecule has 1 aromatic heterocycles. The van der Waals surface area contributed by atoms with Crippen LogP contribution in [-0.2, 0) is 0 Å². The van der Waals surface area contributed by atoms with Gasteiger partial charge in [0.05, 0.1) is 0 Å². The van der Waals surface area contributed by atoms with E-state index in [1.54, 1.807) is 18.5 Å². The van der Waals surface area contributed by atoms with Crippen LogP contribution in [0.15, 0.2) is 24.8 Å². The third kappa shape index (κ3) is 3.52. The van der Waals surface area contributed by atoms with Gasteiger partial charge in [-0.3, -0.25) is 0 Å². The van der Waals surface area contributed by atoms with Gasteiger partial charge in [-0.1, -0.05) is 0 Å². The van der Waals surface area contributed by atoms with Crippen LogP contribution in [0.5, 0.6) is 0 Å². The van der Waals surface area contributed by atoms with Crippen molar-refractivity contribution < 1.29 is 5.48 Å². The lowest BCUT2D eigenvalue weighted by molar-refractivity contribution is 0.824. The first-order valence-electron chi connectivity index (χ1n) is 1.70. The molecule has 0 bridgehead atoms. The van der Waals surface area contributed by atoms with E-state index in [0.717, 1.165) is 0 Å². The molecule has 0 spiro atoms. The predicted molar refractivity (Wildman–Crippen MR) is 32.9 cm³/mol. The minimum atomic E-state index is 0. The van der Waals surface area contributed by atoms with Crippen molar-refractivity contribution in [1.29, 1.82) is 0 Å². The fourth-order valence-electron chi connectivity index (χ4n) is 0.253. The highest BCUT2D eigenvalue weighted by atomic mass is 35.5. The summed E-state index contributed by atoms with van der Waals surface area (Å²) >= 11 is 0. The van der Waals surface area contributed by atoms with Crippen LogP contribution in [0.4, 0.5) is 0 Å². The summed E-state index contributed by atoms with van der Waals surface area (Å²) in [5.74, 6) is 0. The zero-order chi connectivity index (χ0) is 4.24. The average molecular weight is 135 g/mol. The lowest BCUT2D eigenvalue weighted by Crippen LogP contribution is -1.66. The lowest BCUT2D eigenvalue weighted by Gasteiger charge is -1.70. The summed E-state index contributed by atoms with van der Waals surface area (Å²) in [6.45, 7) is 0. The number of aromatic nitrogens is 2. The quantitative estimate of drug-likeness (QED) is 0.504. The zero-order valence-corrected chi connectivity index (χ0v) is 4.93. The van der Waals surface area contributed by atoms with Crippen molar-refractivity contribution in [3.05, 3.63) is 24.8 Å². The molecule has 0 fully saturated rings. The van der Waals surface area contributed by atoms with Crippen LogP contribution in [0, 0.1) is 0 Å². The highest BCUT2D eigenvalue weighted by Crippen LogP contribution is 1.66. The first kappa shape index (κ1) is 10.3. The van der Waals surface area contributed by atoms with E-state index in [4.69, 9.17) is 0 Å². The van der Waals surface area contributed by atoms with Crippen LogP contribution >= 0.6 is 12.4 Å². The van der Waals surface area contributed by atoms with E-state index < -0.39 is 0 Å². The topological polar surface area (TPSA) is 57.3 Å². The van der Waals surface area contributed by atoms with E-state index in [2.05, 4.69) is 9.97 Å². The lowest BCUT2D eigenvalue weighted by atomic mass is 10.7. The third-order valence-electron chi connectivity index (χ3n) is 0.478. The highest BCUT2D eigenvalue weighted by Gasteiger charge is 1.59. The zero-order valence-electron chi connectivity index (χ0n) is 4.11. The van der Waals surface area contributed by atoms with E-state index in [0.29, 0.717) is 0 Å². The Morgan fingerprint density at radius 3 is 1.62 bits per heavy atom. The minimum absolute atomic E-state index is 0. The Labute approximate surface area is 53.5 Å². The van der Waals surface area contributed by atoms with Gasteiger partial charge in [-0.05, 0) is 6.07 Å². The van der Waals surface area contributed by atoms with Crippen LogP contribution in [-0.4, -0.2) is 15.4 Å². The van der Waals surface area contributed by atoms with E-state index in [-0.39, 0.29) is 17.9 Å². The van der Waals surface area contributed by atoms with E-state index in [1.807, 2.05) is 0 Å². The maximum atomic E-state index is 3.67. The van der Waals surface area contributed by atoms with Gasteiger partial charge >= 0.3 is 0 Å². The van der Waals surface area contributed by atoms with E-state index in [9.17, 15) is 0 Å². The number of hydrogen-bond acceptors (Lipinski definition) is 2. The second-order valence-electron chi connectivity index (χ2n) is 0.904. The van der Waals surface area contributed by atoms with Gasteiger partial charge in [-0.2, -0.15) is 0 Å². The first-order chi connectivity index (χ1) is 3.00. The molecule has 0 saturated carbocycles. The molecule has 3 nitrogen and oxygen atoms in total. The Hall–Kier alpha value is -0.670. The first-order valence-corrected chi connectivity index (χ1v) is 1.70. The van der Waals surface area contributed by atoms with Crippen molar-refractivity contribution in [3.8, 4) is 0 Å². The van der Waals surface area contributed by atoms with Gasteiger partial charge < -0.3 is 5.48 Å². The van der Waals surface area contributed by atoms with Crippen molar-refractivity contribution in [3.63, 3.8) is 0 Å². The highest BCUT2D eigenvalue weighted by molar-refractivity contribution is 5.85. The fraction of sp³-hybridized carbons (Fsp3) is 0. The Bertz CT molecular complexity index is 86.0. The molecular weight excluding hydrogens is 128 g/mol. The molecule has 0 aliphatic rings. The molecule has 4 heteroatoms. The molecule has 0 unspecified atom stereocenters. The van der Waals surface area contributed by atoms with Gasteiger partial charge in [0, 0.05) is 12.4 Å². The molecule has 0 atom stereocenters. The number of rotatable bonds is 0. The molecule has 0 saturated heterocycles. The molecule has 46 valence electrons.